The van der Waals surface area contributed by atoms with Crippen molar-refractivity contribution in [1.29, 1.82) is 0 Å². The largest absolute Gasteiger partial charge is 0.448 e. The number of amides is 1. The number of hydrogen-bond donors (Lipinski definition) is 1. The maximum atomic E-state index is 14.1. The first-order valence-corrected chi connectivity index (χ1v) is 13.6. The Hall–Kier alpha value is -2.35. The molecule has 0 radical (unpaired) electrons. The smallest absolute Gasteiger partial charge is 0.409 e. The number of aliphatic hydroxyl groups excluding tert-OH is 1. The van der Waals surface area contributed by atoms with E-state index < -0.39 is 39.8 Å². The Morgan fingerprint density at radius 3 is 2.32 bits per heavy atom. The van der Waals surface area contributed by atoms with Gasteiger partial charge in [-0.3, -0.25) is 4.90 Å². The van der Waals surface area contributed by atoms with E-state index in [1.165, 1.54) is 29.2 Å². The van der Waals surface area contributed by atoms with E-state index in [1.54, 1.807) is 0 Å². The lowest BCUT2D eigenvalue weighted by Crippen LogP contribution is -2.54. The van der Waals surface area contributed by atoms with Gasteiger partial charge in [0, 0.05) is 43.8 Å². The fourth-order valence-corrected chi connectivity index (χ4v) is 6.38. The number of carbonyl (C=O) groups excluding carboxylic acids is 1. The summed E-state index contributed by atoms with van der Waals surface area (Å²) in [5.41, 5.74) is 0.0751. The predicted octanol–water partition coefficient (Wildman–Crippen LogP) is 2.50. The molecule has 202 valence electrons. The highest BCUT2D eigenvalue weighted by molar-refractivity contribution is 7.89. The Balaban J connectivity index is 1.57. The molecule has 0 spiro atoms. The van der Waals surface area contributed by atoms with E-state index in [0.29, 0.717) is 43.8 Å². The summed E-state index contributed by atoms with van der Waals surface area (Å²) in [5, 5.41) is 9.42. The lowest BCUT2D eigenvalue weighted by atomic mass is 10.0. The number of carbonyl (C=O) groups is 1. The first-order chi connectivity index (χ1) is 17.7. The van der Waals surface area contributed by atoms with E-state index in [9.17, 15) is 22.0 Å². The Bertz CT molecular complexity index is 1180. The molecule has 1 N–H and O–H groups in total. The minimum absolute atomic E-state index is 0.0282. The molecule has 2 fully saturated rings. The molecule has 2 aromatic rings. The second kappa shape index (κ2) is 12.0. The third kappa shape index (κ3) is 6.57. The number of hydrogen-bond acceptors (Lipinski definition) is 7. The molecule has 0 bridgehead atoms. The van der Waals surface area contributed by atoms with Crippen molar-refractivity contribution in [3.8, 4) is 0 Å². The lowest BCUT2D eigenvalue weighted by Gasteiger charge is -2.41. The topological polar surface area (TPSA) is 99.6 Å². The van der Waals surface area contributed by atoms with Gasteiger partial charge >= 0.3 is 6.09 Å². The van der Waals surface area contributed by atoms with Crippen LogP contribution in [0.25, 0.3) is 0 Å². The van der Waals surface area contributed by atoms with Crippen molar-refractivity contribution in [1.82, 2.24) is 14.1 Å². The molecule has 0 aliphatic carbocycles. The SMILES string of the molecule is O=C(OC[C@H]1COC[C@@H](c2cc(F)cc(F)c2)N1S(=O)(=O)c1ccc(Cl)cc1)N1CCN(CCO)CC1. The molecule has 0 saturated carbocycles. The van der Waals surface area contributed by atoms with Gasteiger partial charge in [-0.25, -0.2) is 22.0 Å². The van der Waals surface area contributed by atoms with E-state index >= 15 is 0 Å². The summed E-state index contributed by atoms with van der Waals surface area (Å²) in [6.07, 6.45) is -0.605. The number of sulfonamides is 1. The number of halogens is 3. The highest BCUT2D eigenvalue weighted by Gasteiger charge is 2.42. The monoisotopic (exact) mass is 559 g/mol. The number of morpholine rings is 1. The molecule has 2 aliphatic heterocycles. The van der Waals surface area contributed by atoms with Crippen LogP contribution < -0.4 is 0 Å². The van der Waals surface area contributed by atoms with Crippen molar-refractivity contribution in [3.63, 3.8) is 0 Å². The summed E-state index contributed by atoms with van der Waals surface area (Å²) in [7, 11) is -4.22. The van der Waals surface area contributed by atoms with Crippen molar-refractivity contribution in [2.75, 3.05) is 59.2 Å². The number of piperazine rings is 1. The van der Waals surface area contributed by atoms with Gasteiger partial charge < -0.3 is 19.5 Å². The van der Waals surface area contributed by atoms with Gasteiger partial charge in [0.15, 0.2) is 0 Å². The van der Waals surface area contributed by atoms with Crippen molar-refractivity contribution >= 4 is 27.7 Å². The van der Waals surface area contributed by atoms with Gasteiger partial charge in [0.2, 0.25) is 10.0 Å². The van der Waals surface area contributed by atoms with Gasteiger partial charge in [-0.1, -0.05) is 11.6 Å². The summed E-state index contributed by atoms with van der Waals surface area (Å²) in [4.78, 5) is 16.2. The van der Waals surface area contributed by atoms with E-state index in [4.69, 9.17) is 26.2 Å². The summed E-state index contributed by atoms with van der Waals surface area (Å²) < 4.78 is 67.9. The van der Waals surface area contributed by atoms with Crippen LogP contribution in [0.4, 0.5) is 13.6 Å². The van der Waals surface area contributed by atoms with Gasteiger partial charge in [0.25, 0.3) is 0 Å². The Kier molecular flexibility index (Phi) is 8.98. The van der Waals surface area contributed by atoms with E-state index in [2.05, 4.69) is 0 Å². The van der Waals surface area contributed by atoms with Gasteiger partial charge in [-0.2, -0.15) is 4.31 Å². The molecule has 0 aromatic heterocycles. The van der Waals surface area contributed by atoms with E-state index in [-0.39, 0.29) is 36.9 Å². The lowest BCUT2D eigenvalue weighted by molar-refractivity contribution is -0.0323. The molecule has 4 rings (SSSR count). The number of nitrogens with zero attached hydrogens (tertiary/aromatic N) is 3. The van der Waals surface area contributed by atoms with Crippen LogP contribution in [-0.4, -0.2) is 98.9 Å². The molecule has 13 heteroatoms. The van der Waals surface area contributed by atoms with Crippen LogP contribution >= 0.6 is 11.6 Å². The number of aliphatic hydroxyl groups is 1. The van der Waals surface area contributed by atoms with Crippen LogP contribution in [0.3, 0.4) is 0 Å². The quantitative estimate of drug-likeness (QED) is 0.556. The summed E-state index contributed by atoms with van der Waals surface area (Å²) in [6.45, 7) is 1.94. The van der Waals surface area contributed by atoms with Crippen molar-refractivity contribution in [2.45, 2.75) is 17.0 Å². The predicted molar refractivity (Wildman–Crippen MR) is 131 cm³/mol. The Morgan fingerprint density at radius 1 is 1.05 bits per heavy atom. The third-order valence-corrected chi connectivity index (χ3v) is 8.59. The van der Waals surface area contributed by atoms with Gasteiger partial charge in [-0.05, 0) is 42.0 Å². The number of β-amino-alcohol motifs (C(OH)–C–C–N with tert-alkyl or cyclic N) is 1. The van der Waals surface area contributed by atoms with Gasteiger partial charge in [0.05, 0.1) is 36.8 Å². The summed E-state index contributed by atoms with van der Waals surface area (Å²) >= 11 is 5.93. The summed E-state index contributed by atoms with van der Waals surface area (Å²) in [5.74, 6) is -1.71. The molecule has 37 heavy (non-hydrogen) atoms. The first kappa shape index (κ1) is 27.7. The zero-order valence-corrected chi connectivity index (χ0v) is 21.5. The first-order valence-electron chi connectivity index (χ1n) is 11.8. The molecule has 0 unspecified atom stereocenters. The molecule has 1 amide bonds. The molecular formula is C24H28ClF2N3O6S. The van der Waals surface area contributed by atoms with Gasteiger partial charge in [0.1, 0.15) is 18.2 Å². The zero-order chi connectivity index (χ0) is 26.6. The fourth-order valence-electron chi connectivity index (χ4n) is 4.50. The molecule has 2 atom stereocenters. The highest BCUT2D eigenvalue weighted by Crippen LogP contribution is 2.34. The van der Waals surface area contributed by atoms with Crippen molar-refractivity contribution < 1.29 is 36.6 Å². The molecule has 9 nitrogen and oxygen atoms in total. The maximum Gasteiger partial charge on any atom is 0.409 e. The second-order valence-corrected chi connectivity index (χ2v) is 11.1. The Labute approximate surface area is 219 Å². The molecule has 2 aliphatic rings. The number of benzene rings is 2. The molecule has 2 saturated heterocycles. The van der Waals surface area contributed by atoms with Crippen LogP contribution in [0.5, 0.6) is 0 Å². The maximum absolute atomic E-state index is 14.1. The molecular weight excluding hydrogens is 532 g/mol. The van der Waals surface area contributed by atoms with E-state index in [0.717, 1.165) is 16.4 Å². The zero-order valence-electron chi connectivity index (χ0n) is 19.9. The second-order valence-electron chi connectivity index (χ2n) is 8.83. The number of ether oxygens (including phenoxy) is 2. The highest BCUT2D eigenvalue weighted by atomic mass is 35.5. The van der Waals surface area contributed by atoms with Crippen LogP contribution in [0.2, 0.25) is 5.02 Å². The van der Waals surface area contributed by atoms with Crippen LogP contribution in [0.15, 0.2) is 47.4 Å². The number of rotatable bonds is 7. The average molecular weight is 560 g/mol. The van der Waals surface area contributed by atoms with Crippen LogP contribution in [-0.2, 0) is 19.5 Å². The summed E-state index contributed by atoms with van der Waals surface area (Å²) in [6, 6.07) is 6.33. The minimum Gasteiger partial charge on any atom is -0.448 e. The van der Waals surface area contributed by atoms with E-state index in [1.807, 2.05) is 4.90 Å². The van der Waals surface area contributed by atoms with Crippen LogP contribution in [0.1, 0.15) is 11.6 Å². The van der Waals surface area contributed by atoms with Crippen molar-refractivity contribution in [3.05, 3.63) is 64.7 Å². The van der Waals surface area contributed by atoms with Crippen LogP contribution in [0, 0.1) is 11.6 Å². The van der Waals surface area contributed by atoms with Gasteiger partial charge in [-0.15, -0.1) is 0 Å². The average Bonchev–Trinajstić information content (AvgIpc) is 2.87. The molecule has 2 aromatic carbocycles. The normalized spacial score (nSPS) is 21.7. The molecule has 2 heterocycles. The third-order valence-electron chi connectivity index (χ3n) is 6.36. The standard InChI is InChI=1S/C24H28ClF2N3O6S/c25-18-1-3-22(4-2-18)37(33,34)30-21(14-35-16-23(30)17-11-19(26)13-20(27)12-17)15-36-24(32)29-7-5-28(6-8-29)9-10-31/h1-4,11-13,21,23,31H,5-10,14-16H2/t21-,23+/m1/s1. The van der Waals surface area contributed by atoms with Crippen molar-refractivity contribution in [2.24, 2.45) is 0 Å². The Morgan fingerprint density at radius 2 is 1.70 bits per heavy atom. The fraction of sp³-hybridized carbons (Fsp3) is 0.458. The minimum atomic E-state index is -4.22.